The number of aromatic nitrogens is 1. The Hall–Kier alpha value is -2.69. The van der Waals surface area contributed by atoms with E-state index in [2.05, 4.69) is 17.2 Å². The van der Waals surface area contributed by atoms with Crippen LogP contribution >= 0.6 is 0 Å². The van der Waals surface area contributed by atoms with E-state index in [4.69, 9.17) is 0 Å². The third-order valence-corrected chi connectivity index (χ3v) is 3.94. The number of pyridine rings is 1. The molecule has 0 aliphatic rings. The maximum absolute atomic E-state index is 12.9. The van der Waals surface area contributed by atoms with E-state index in [1.54, 1.807) is 36.7 Å². The summed E-state index contributed by atoms with van der Waals surface area (Å²) < 4.78 is 0. The van der Waals surface area contributed by atoms with Crippen LogP contribution in [0.5, 0.6) is 0 Å². The lowest BCUT2D eigenvalue weighted by atomic mass is 10.1. The second-order valence-electron chi connectivity index (χ2n) is 5.80. The Bertz CT molecular complexity index is 684. The summed E-state index contributed by atoms with van der Waals surface area (Å²) in [7, 11) is 0. The normalized spacial score (nSPS) is 11.6. The van der Waals surface area contributed by atoms with Gasteiger partial charge in [-0.3, -0.25) is 14.6 Å². The van der Waals surface area contributed by atoms with Crippen LogP contribution in [-0.4, -0.2) is 27.7 Å². The highest BCUT2D eigenvalue weighted by molar-refractivity contribution is 5.95. The second kappa shape index (κ2) is 8.24. The molecular formula is C19H23N3O2. The second-order valence-corrected chi connectivity index (χ2v) is 5.80. The van der Waals surface area contributed by atoms with Crippen LogP contribution in [0.2, 0.25) is 0 Å². The van der Waals surface area contributed by atoms with Gasteiger partial charge in [0.1, 0.15) is 0 Å². The molecule has 126 valence electrons. The Morgan fingerprint density at radius 1 is 1.12 bits per heavy atom. The standard InChI is InChI=1S/C19H23N3O2/c1-4-14(2)22(13-16-9-11-20-12-10-16)19(24)17-5-7-18(8-6-17)21-15(3)23/h5-12,14H,4,13H2,1-3H3,(H,21,23). The number of benzene rings is 1. The van der Waals surface area contributed by atoms with Crippen LogP contribution < -0.4 is 5.32 Å². The smallest absolute Gasteiger partial charge is 0.254 e. The summed E-state index contributed by atoms with van der Waals surface area (Å²) in [6.07, 6.45) is 4.34. The minimum atomic E-state index is -0.131. The molecule has 1 aromatic carbocycles. The Morgan fingerprint density at radius 3 is 2.29 bits per heavy atom. The zero-order valence-corrected chi connectivity index (χ0v) is 14.3. The van der Waals surface area contributed by atoms with Crippen LogP contribution in [0.3, 0.4) is 0 Å². The Kier molecular flexibility index (Phi) is 6.07. The van der Waals surface area contributed by atoms with Crippen molar-refractivity contribution in [1.29, 1.82) is 0 Å². The van der Waals surface area contributed by atoms with E-state index in [-0.39, 0.29) is 17.9 Å². The van der Waals surface area contributed by atoms with Gasteiger partial charge in [-0.1, -0.05) is 6.92 Å². The number of nitrogens with zero attached hydrogens (tertiary/aromatic N) is 2. The number of hydrogen-bond acceptors (Lipinski definition) is 3. The van der Waals surface area contributed by atoms with Crippen molar-refractivity contribution in [3.05, 3.63) is 59.9 Å². The predicted molar refractivity (Wildman–Crippen MR) is 94.6 cm³/mol. The lowest BCUT2D eigenvalue weighted by molar-refractivity contribution is -0.114. The van der Waals surface area contributed by atoms with Gasteiger partial charge in [0.2, 0.25) is 5.91 Å². The van der Waals surface area contributed by atoms with E-state index >= 15 is 0 Å². The van der Waals surface area contributed by atoms with Crippen LogP contribution in [0, 0.1) is 0 Å². The molecule has 24 heavy (non-hydrogen) atoms. The molecular weight excluding hydrogens is 302 g/mol. The first-order chi connectivity index (χ1) is 11.5. The first-order valence-corrected chi connectivity index (χ1v) is 8.08. The zero-order chi connectivity index (χ0) is 17.5. The van der Waals surface area contributed by atoms with E-state index in [1.807, 2.05) is 24.0 Å². The molecule has 1 heterocycles. The Morgan fingerprint density at radius 2 is 1.75 bits per heavy atom. The number of amides is 2. The molecule has 0 radical (unpaired) electrons. The molecule has 5 heteroatoms. The van der Waals surface area contributed by atoms with E-state index in [0.717, 1.165) is 12.0 Å². The number of hydrogen-bond donors (Lipinski definition) is 1. The van der Waals surface area contributed by atoms with E-state index < -0.39 is 0 Å². The minimum absolute atomic E-state index is 0.0180. The van der Waals surface area contributed by atoms with Crippen molar-refractivity contribution in [3.63, 3.8) is 0 Å². The minimum Gasteiger partial charge on any atom is -0.332 e. The fourth-order valence-corrected chi connectivity index (χ4v) is 2.40. The predicted octanol–water partition coefficient (Wildman–Crippen LogP) is 3.48. The Labute approximate surface area is 142 Å². The lowest BCUT2D eigenvalue weighted by Crippen LogP contribution is -2.37. The monoisotopic (exact) mass is 325 g/mol. The van der Waals surface area contributed by atoms with E-state index in [9.17, 15) is 9.59 Å². The first-order valence-electron chi connectivity index (χ1n) is 8.08. The van der Waals surface area contributed by atoms with Gasteiger partial charge in [-0.25, -0.2) is 0 Å². The fourth-order valence-electron chi connectivity index (χ4n) is 2.40. The number of carbonyl (C=O) groups excluding carboxylic acids is 2. The number of nitrogens with one attached hydrogen (secondary N) is 1. The third-order valence-electron chi connectivity index (χ3n) is 3.94. The van der Waals surface area contributed by atoms with Crippen LogP contribution in [0.25, 0.3) is 0 Å². The van der Waals surface area contributed by atoms with Gasteiger partial charge in [-0.05, 0) is 55.3 Å². The largest absolute Gasteiger partial charge is 0.332 e. The van der Waals surface area contributed by atoms with Gasteiger partial charge < -0.3 is 10.2 Å². The lowest BCUT2D eigenvalue weighted by Gasteiger charge is -2.29. The fraction of sp³-hybridized carbons (Fsp3) is 0.316. The average Bonchev–Trinajstić information content (AvgIpc) is 2.59. The molecule has 0 aliphatic heterocycles. The molecule has 0 saturated carbocycles. The number of anilines is 1. The van der Waals surface area contributed by atoms with Gasteiger partial charge in [0, 0.05) is 43.2 Å². The molecule has 0 aliphatic carbocycles. The van der Waals surface area contributed by atoms with E-state index in [1.165, 1.54) is 6.92 Å². The van der Waals surface area contributed by atoms with Crippen molar-refractivity contribution in [2.45, 2.75) is 39.8 Å². The summed E-state index contributed by atoms with van der Waals surface area (Å²) in [5.41, 5.74) is 2.34. The van der Waals surface area contributed by atoms with Crippen molar-refractivity contribution >= 4 is 17.5 Å². The van der Waals surface area contributed by atoms with Crippen molar-refractivity contribution in [3.8, 4) is 0 Å². The molecule has 2 amide bonds. The summed E-state index contributed by atoms with van der Waals surface area (Å²) in [6.45, 7) is 6.12. The van der Waals surface area contributed by atoms with Gasteiger partial charge in [0.05, 0.1) is 0 Å². The quantitative estimate of drug-likeness (QED) is 0.884. The van der Waals surface area contributed by atoms with Crippen LogP contribution in [0.15, 0.2) is 48.8 Å². The van der Waals surface area contributed by atoms with Gasteiger partial charge in [0.15, 0.2) is 0 Å². The molecule has 1 unspecified atom stereocenters. The molecule has 0 spiro atoms. The summed E-state index contributed by atoms with van der Waals surface area (Å²) in [5, 5.41) is 2.70. The molecule has 5 nitrogen and oxygen atoms in total. The maximum atomic E-state index is 12.9. The molecule has 1 N–H and O–H groups in total. The highest BCUT2D eigenvalue weighted by Crippen LogP contribution is 2.17. The van der Waals surface area contributed by atoms with Gasteiger partial charge >= 0.3 is 0 Å². The van der Waals surface area contributed by atoms with Crippen LogP contribution in [-0.2, 0) is 11.3 Å². The molecule has 2 aromatic rings. The molecule has 2 rings (SSSR count). The SMILES string of the molecule is CCC(C)N(Cc1ccncc1)C(=O)c1ccc(NC(C)=O)cc1. The van der Waals surface area contributed by atoms with Crippen LogP contribution in [0.4, 0.5) is 5.69 Å². The van der Waals surface area contributed by atoms with Crippen molar-refractivity contribution in [1.82, 2.24) is 9.88 Å². The number of rotatable bonds is 6. The third kappa shape index (κ3) is 4.65. The van der Waals surface area contributed by atoms with E-state index in [0.29, 0.717) is 17.8 Å². The number of carbonyl (C=O) groups is 2. The average molecular weight is 325 g/mol. The molecule has 1 atom stereocenters. The molecule has 1 aromatic heterocycles. The van der Waals surface area contributed by atoms with Gasteiger partial charge in [-0.15, -0.1) is 0 Å². The van der Waals surface area contributed by atoms with Crippen LogP contribution in [0.1, 0.15) is 43.1 Å². The highest BCUT2D eigenvalue weighted by Gasteiger charge is 2.20. The van der Waals surface area contributed by atoms with Crippen molar-refractivity contribution < 1.29 is 9.59 Å². The maximum Gasteiger partial charge on any atom is 0.254 e. The van der Waals surface area contributed by atoms with Crippen molar-refractivity contribution in [2.24, 2.45) is 0 Å². The molecule has 0 fully saturated rings. The zero-order valence-electron chi connectivity index (χ0n) is 14.3. The topological polar surface area (TPSA) is 62.3 Å². The Balaban J connectivity index is 2.19. The first kappa shape index (κ1) is 17.7. The summed E-state index contributed by atoms with van der Waals surface area (Å²) >= 11 is 0. The van der Waals surface area contributed by atoms with Crippen molar-refractivity contribution in [2.75, 3.05) is 5.32 Å². The van der Waals surface area contributed by atoms with Gasteiger partial charge in [-0.2, -0.15) is 0 Å². The van der Waals surface area contributed by atoms with Gasteiger partial charge in [0.25, 0.3) is 5.91 Å². The molecule has 0 bridgehead atoms. The molecule has 0 saturated heterocycles. The highest BCUT2D eigenvalue weighted by atomic mass is 16.2. The summed E-state index contributed by atoms with van der Waals surface area (Å²) in [6, 6.07) is 10.9. The summed E-state index contributed by atoms with van der Waals surface area (Å²) in [5.74, 6) is -0.150. The summed E-state index contributed by atoms with van der Waals surface area (Å²) in [4.78, 5) is 29.9.